The SMILES string of the molecule is Cc1cc([C@H]2C3=CC[C@@H]4C(=O)NC(=O)[C@@H]4[C@@H]3C[C@H]3C(=O)N(c4cc(-c5sc6ccc(Cl)cc6c5C)nn4C)C(=O)[C@@]23C)ccc1O. The Morgan fingerprint density at radius 1 is 1.04 bits per heavy atom. The average molecular weight is 655 g/mol. The number of allylic oxidation sites excluding steroid dienone is 2. The largest absolute Gasteiger partial charge is 0.508 e. The van der Waals surface area contributed by atoms with Crippen molar-refractivity contribution in [1.29, 1.82) is 0 Å². The van der Waals surface area contributed by atoms with Crippen molar-refractivity contribution < 1.29 is 24.3 Å². The van der Waals surface area contributed by atoms with E-state index in [1.165, 1.54) is 4.90 Å². The number of imide groups is 2. The Morgan fingerprint density at radius 2 is 1.83 bits per heavy atom. The highest BCUT2D eigenvalue weighted by Gasteiger charge is 2.67. The highest BCUT2D eigenvalue weighted by Crippen LogP contribution is 2.63. The van der Waals surface area contributed by atoms with Crippen LogP contribution in [0.5, 0.6) is 5.75 Å². The van der Waals surface area contributed by atoms with Crippen LogP contribution in [-0.4, -0.2) is 38.5 Å². The Labute approximate surface area is 273 Å². The second-order valence-electron chi connectivity index (χ2n) is 13.3. The van der Waals surface area contributed by atoms with Gasteiger partial charge < -0.3 is 5.11 Å². The fourth-order valence-corrected chi connectivity index (χ4v) is 9.92. The molecule has 1 saturated carbocycles. The third-order valence-corrected chi connectivity index (χ3v) is 12.4. The van der Waals surface area contributed by atoms with E-state index in [4.69, 9.17) is 16.7 Å². The van der Waals surface area contributed by atoms with Crippen molar-refractivity contribution in [3.63, 3.8) is 0 Å². The lowest BCUT2D eigenvalue weighted by Gasteiger charge is -2.49. The molecule has 0 spiro atoms. The molecule has 0 bridgehead atoms. The van der Waals surface area contributed by atoms with Crippen molar-refractivity contribution in [2.75, 3.05) is 4.90 Å². The number of hydrogen-bond acceptors (Lipinski definition) is 7. The van der Waals surface area contributed by atoms with E-state index in [0.29, 0.717) is 28.5 Å². The van der Waals surface area contributed by atoms with Gasteiger partial charge in [0, 0.05) is 28.8 Å². The van der Waals surface area contributed by atoms with Crippen LogP contribution in [0, 0.1) is 42.9 Å². The molecule has 2 aromatic heterocycles. The topological polar surface area (TPSA) is 122 Å². The van der Waals surface area contributed by atoms with Crippen LogP contribution in [0.25, 0.3) is 20.7 Å². The van der Waals surface area contributed by atoms with Crippen molar-refractivity contribution in [2.24, 2.45) is 36.1 Å². The number of phenolic OH excluding ortho intramolecular Hbond substituents is 1. The number of aromatic nitrogens is 2. The number of thiophene rings is 1. The van der Waals surface area contributed by atoms with Gasteiger partial charge in [0.2, 0.25) is 23.6 Å². The second kappa shape index (κ2) is 9.86. The van der Waals surface area contributed by atoms with Crippen molar-refractivity contribution >= 4 is 62.5 Å². The fourth-order valence-electron chi connectivity index (χ4n) is 8.60. The molecular weight excluding hydrogens is 624 g/mol. The van der Waals surface area contributed by atoms with Crippen molar-refractivity contribution in [2.45, 2.75) is 39.5 Å². The van der Waals surface area contributed by atoms with Crippen LogP contribution in [-0.2, 0) is 26.2 Å². The molecule has 4 heterocycles. The van der Waals surface area contributed by atoms with Crippen LogP contribution < -0.4 is 10.2 Å². The standard InChI is InChI=1S/C35H31ClN4O5S/c1-15-11-17(5-9-25(15)41)29-19-7-8-20-28(32(43)37-31(20)42)22(19)13-23-33(44)40(34(45)35(23,29)3)27-14-24(38-39(27)4)30-16(2)21-12-18(36)6-10-26(21)46-30/h5-7,9-12,14,20,22-23,28-29,41H,8,13H2,1-4H3,(H,37,42,43)/t20-,22+,23-,28-,29-,35+/m0/s1. The van der Waals surface area contributed by atoms with E-state index in [1.54, 1.807) is 48.2 Å². The molecule has 2 aromatic carbocycles. The molecule has 4 aromatic rings. The molecule has 6 atom stereocenters. The smallest absolute Gasteiger partial charge is 0.242 e. The number of amides is 4. The van der Waals surface area contributed by atoms with Gasteiger partial charge in [-0.1, -0.05) is 35.4 Å². The third kappa shape index (κ3) is 3.83. The maximum atomic E-state index is 14.8. The van der Waals surface area contributed by atoms with Crippen LogP contribution in [0.2, 0.25) is 5.02 Å². The molecule has 4 aliphatic rings. The van der Waals surface area contributed by atoms with Gasteiger partial charge in [-0.2, -0.15) is 5.10 Å². The van der Waals surface area contributed by atoms with E-state index in [0.717, 1.165) is 31.7 Å². The summed E-state index contributed by atoms with van der Waals surface area (Å²) in [5, 5.41) is 19.3. The lowest BCUT2D eigenvalue weighted by molar-refractivity contribution is -0.131. The van der Waals surface area contributed by atoms with Crippen LogP contribution >= 0.6 is 22.9 Å². The van der Waals surface area contributed by atoms with E-state index in [-0.39, 0.29) is 41.7 Å². The van der Waals surface area contributed by atoms with Gasteiger partial charge in [0.15, 0.2) is 0 Å². The summed E-state index contributed by atoms with van der Waals surface area (Å²) >= 11 is 7.85. The van der Waals surface area contributed by atoms with E-state index in [2.05, 4.69) is 5.32 Å². The van der Waals surface area contributed by atoms with Crippen LogP contribution in [0.4, 0.5) is 5.82 Å². The van der Waals surface area contributed by atoms with Crippen molar-refractivity contribution in [1.82, 2.24) is 15.1 Å². The molecule has 2 aliphatic carbocycles. The molecule has 0 unspecified atom stereocenters. The summed E-state index contributed by atoms with van der Waals surface area (Å²) in [6, 6.07) is 12.8. The molecule has 234 valence electrons. The first-order valence-electron chi connectivity index (χ1n) is 15.4. The minimum absolute atomic E-state index is 0.132. The molecule has 2 N–H and O–H groups in total. The summed E-state index contributed by atoms with van der Waals surface area (Å²) in [4.78, 5) is 57.4. The molecule has 0 radical (unpaired) electrons. The molecule has 3 fully saturated rings. The van der Waals surface area contributed by atoms with Gasteiger partial charge in [0.05, 0.1) is 28.0 Å². The number of benzene rings is 2. The van der Waals surface area contributed by atoms with E-state index in [1.807, 2.05) is 44.2 Å². The number of nitrogens with zero attached hydrogens (tertiary/aromatic N) is 3. The number of nitrogens with one attached hydrogen (secondary N) is 1. The van der Waals surface area contributed by atoms with Crippen molar-refractivity contribution in [3.05, 3.63) is 75.8 Å². The monoisotopic (exact) mass is 654 g/mol. The number of anilines is 1. The van der Waals surface area contributed by atoms with Gasteiger partial charge in [-0.15, -0.1) is 11.3 Å². The zero-order valence-electron chi connectivity index (χ0n) is 25.6. The van der Waals surface area contributed by atoms with Gasteiger partial charge in [-0.3, -0.25) is 29.2 Å². The highest BCUT2D eigenvalue weighted by molar-refractivity contribution is 7.22. The average Bonchev–Trinajstić information content (AvgIpc) is 3.70. The second-order valence-corrected chi connectivity index (χ2v) is 14.8. The van der Waals surface area contributed by atoms with Crippen molar-refractivity contribution in [3.8, 4) is 16.3 Å². The first kappa shape index (κ1) is 29.1. The first-order valence-corrected chi connectivity index (χ1v) is 16.5. The summed E-state index contributed by atoms with van der Waals surface area (Å²) in [7, 11) is 1.73. The predicted octanol–water partition coefficient (Wildman–Crippen LogP) is 5.80. The number of carbonyl (C=O) groups excluding carboxylic acids is 4. The minimum Gasteiger partial charge on any atom is -0.508 e. The third-order valence-electron chi connectivity index (χ3n) is 10.9. The van der Waals surface area contributed by atoms with E-state index < -0.39 is 29.1 Å². The molecule has 8 rings (SSSR count). The van der Waals surface area contributed by atoms with Gasteiger partial charge >= 0.3 is 0 Å². The number of halogens is 1. The minimum atomic E-state index is -1.18. The summed E-state index contributed by atoms with van der Waals surface area (Å²) in [6.07, 6.45) is 2.68. The van der Waals surface area contributed by atoms with Crippen LogP contribution in [0.1, 0.15) is 42.4 Å². The van der Waals surface area contributed by atoms with Crippen LogP contribution in [0.3, 0.4) is 0 Å². The summed E-state index contributed by atoms with van der Waals surface area (Å²) < 4.78 is 2.64. The van der Waals surface area contributed by atoms with Crippen LogP contribution in [0.15, 0.2) is 54.1 Å². The number of hydrogen-bond donors (Lipinski definition) is 2. The number of aryl methyl sites for hydroxylation is 3. The van der Waals surface area contributed by atoms with Gasteiger partial charge in [-0.25, -0.2) is 4.90 Å². The summed E-state index contributed by atoms with van der Waals surface area (Å²) in [5.74, 6) is -3.51. The zero-order chi connectivity index (χ0) is 32.4. The highest BCUT2D eigenvalue weighted by atomic mass is 35.5. The Hall–Kier alpha value is -4.28. The number of rotatable bonds is 3. The van der Waals surface area contributed by atoms with Gasteiger partial charge in [-0.05, 0) is 85.9 Å². The molecule has 2 saturated heterocycles. The maximum absolute atomic E-state index is 14.8. The molecule has 4 amide bonds. The lowest BCUT2D eigenvalue weighted by atomic mass is 9.51. The fraction of sp³-hybridized carbons (Fsp3) is 0.343. The molecular formula is C35H31ClN4O5S. The quantitative estimate of drug-likeness (QED) is 0.213. The molecule has 11 heteroatoms. The molecule has 9 nitrogen and oxygen atoms in total. The van der Waals surface area contributed by atoms with E-state index in [9.17, 15) is 24.3 Å². The van der Waals surface area contributed by atoms with Gasteiger partial charge in [0.1, 0.15) is 17.3 Å². The summed E-state index contributed by atoms with van der Waals surface area (Å²) in [5.41, 5.74) is 2.83. The Balaban J connectivity index is 1.26. The number of aromatic hydroxyl groups is 1. The first-order chi connectivity index (χ1) is 21.9. The number of carbonyl (C=O) groups is 4. The molecule has 46 heavy (non-hydrogen) atoms. The normalized spacial score (nSPS) is 28.8. The summed E-state index contributed by atoms with van der Waals surface area (Å²) in [6.45, 7) is 5.66. The Bertz CT molecular complexity index is 2100. The van der Waals surface area contributed by atoms with Gasteiger partial charge in [0.25, 0.3) is 0 Å². The zero-order valence-corrected chi connectivity index (χ0v) is 27.2. The maximum Gasteiger partial charge on any atom is 0.242 e. The molecule has 2 aliphatic heterocycles. The Kier molecular flexibility index (Phi) is 6.25. The number of phenols is 1. The van der Waals surface area contributed by atoms with E-state index >= 15 is 0 Å². The lowest BCUT2D eigenvalue weighted by Crippen LogP contribution is -2.48. The Morgan fingerprint density at radius 3 is 2.59 bits per heavy atom. The predicted molar refractivity (Wildman–Crippen MR) is 174 cm³/mol. The number of fused-ring (bicyclic) bond motifs is 5.